The second-order valence-electron chi connectivity index (χ2n) is 8.46. The maximum atomic E-state index is 14.8. The van der Waals surface area contributed by atoms with Gasteiger partial charge in [-0.1, -0.05) is 6.42 Å². The van der Waals surface area contributed by atoms with Gasteiger partial charge in [-0.25, -0.2) is 9.37 Å². The van der Waals surface area contributed by atoms with E-state index in [-0.39, 0.29) is 35.2 Å². The highest BCUT2D eigenvalue weighted by molar-refractivity contribution is 5.99. The van der Waals surface area contributed by atoms with Gasteiger partial charge in [0, 0.05) is 24.8 Å². The number of ether oxygens (including phenoxy) is 1. The molecule has 2 atom stereocenters. The first kappa shape index (κ1) is 23.6. The van der Waals surface area contributed by atoms with E-state index in [2.05, 4.69) is 25.5 Å². The summed E-state index contributed by atoms with van der Waals surface area (Å²) in [5.74, 6) is -1.62. The molecule has 1 aliphatic carbocycles. The summed E-state index contributed by atoms with van der Waals surface area (Å²) < 4.78 is 46.3. The van der Waals surface area contributed by atoms with E-state index in [4.69, 9.17) is 11.5 Å². The first-order valence-corrected chi connectivity index (χ1v) is 10.8. The zero-order valence-corrected chi connectivity index (χ0v) is 18.7. The van der Waals surface area contributed by atoms with Crippen LogP contribution in [0.4, 0.5) is 30.5 Å². The Hall–Kier alpha value is -3.54. The molecule has 1 amide bonds. The number of amides is 1. The monoisotopic (exact) mass is 477 g/mol. The number of halogens is 3. The lowest BCUT2D eigenvalue weighted by molar-refractivity contribution is -0.0521. The molecule has 12 heteroatoms. The summed E-state index contributed by atoms with van der Waals surface area (Å²) in [4.78, 5) is 16.3. The third kappa shape index (κ3) is 4.72. The van der Waals surface area contributed by atoms with Crippen LogP contribution in [0.2, 0.25) is 0 Å². The Morgan fingerprint density at radius 1 is 1.26 bits per heavy atom. The molecule has 2 aromatic heterocycles. The highest BCUT2D eigenvalue weighted by Gasteiger charge is 2.31. The fourth-order valence-electron chi connectivity index (χ4n) is 4.13. The van der Waals surface area contributed by atoms with Crippen LogP contribution in [0.3, 0.4) is 0 Å². The number of nitrogens with two attached hydrogens (primary N) is 2. The van der Waals surface area contributed by atoms with E-state index in [1.807, 2.05) is 6.92 Å². The van der Waals surface area contributed by atoms with Crippen molar-refractivity contribution in [2.45, 2.75) is 44.9 Å². The third-order valence-electron chi connectivity index (χ3n) is 6.05. The molecule has 0 unspecified atom stereocenters. The van der Waals surface area contributed by atoms with Crippen molar-refractivity contribution in [1.82, 2.24) is 14.8 Å². The van der Waals surface area contributed by atoms with E-state index in [1.54, 1.807) is 19.2 Å². The summed E-state index contributed by atoms with van der Waals surface area (Å²) in [5, 5.41) is 10.3. The Labute approximate surface area is 193 Å². The standard InChI is InChI=1S/C22H26F3N7O2/c1-10(26)17(11-4-3-5-11)29-20-15(23)9-14(18(27)33)19(30-20)28-12-6-7-16-13(8-12)21(31-32(16)2)34-22(24)25/h6-11,17,22H,3-5,26H2,1-2H3,(H2,27,33)(H2,28,29,30)/t10-,17-/m0/s1. The van der Waals surface area contributed by atoms with Gasteiger partial charge < -0.3 is 26.8 Å². The Morgan fingerprint density at radius 3 is 2.59 bits per heavy atom. The van der Waals surface area contributed by atoms with Crippen molar-refractivity contribution < 1.29 is 22.7 Å². The fourth-order valence-corrected chi connectivity index (χ4v) is 4.13. The molecular formula is C22H26F3N7O2. The number of carbonyl (C=O) groups excluding carboxylic acids is 1. The van der Waals surface area contributed by atoms with E-state index >= 15 is 0 Å². The topological polar surface area (TPSA) is 133 Å². The fraction of sp³-hybridized carbons (Fsp3) is 0.409. The zero-order chi connectivity index (χ0) is 24.6. The normalized spacial score (nSPS) is 15.7. The number of rotatable bonds is 9. The predicted octanol–water partition coefficient (Wildman–Crippen LogP) is 3.48. The number of nitrogens with zero attached hydrogens (tertiary/aromatic N) is 3. The Bertz CT molecular complexity index is 1210. The number of pyridine rings is 1. The highest BCUT2D eigenvalue weighted by atomic mass is 19.3. The van der Waals surface area contributed by atoms with Crippen molar-refractivity contribution in [2.24, 2.45) is 24.4 Å². The molecule has 1 aliphatic rings. The molecule has 1 saturated carbocycles. The van der Waals surface area contributed by atoms with Gasteiger partial charge in [-0.3, -0.25) is 9.48 Å². The van der Waals surface area contributed by atoms with Crippen LogP contribution in [-0.4, -0.2) is 39.4 Å². The summed E-state index contributed by atoms with van der Waals surface area (Å²) in [6, 6.07) is 5.36. The van der Waals surface area contributed by atoms with Gasteiger partial charge >= 0.3 is 6.61 Å². The van der Waals surface area contributed by atoms with E-state index < -0.39 is 18.3 Å². The number of hydrogen-bond donors (Lipinski definition) is 4. The van der Waals surface area contributed by atoms with E-state index in [1.165, 1.54) is 10.7 Å². The van der Waals surface area contributed by atoms with Crippen molar-refractivity contribution in [3.05, 3.63) is 35.6 Å². The van der Waals surface area contributed by atoms with Crippen LogP contribution in [0.15, 0.2) is 24.3 Å². The van der Waals surface area contributed by atoms with Crippen LogP contribution in [0.5, 0.6) is 5.88 Å². The van der Waals surface area contributed by atoms with Gasteiger partial charge in [0.1, 0.15) is 5.82 Å². The summed E-state index contributed by atoms with van der Waals surface area (Å²) in [6.07, 6.45) is 3.06. The summed E-state index contributed by atoms with van der Waals surface area (Å²) in [5.41, 5.74) is 12.3. The van der Waals surface area contributed by atoms with Crippen LogP contribution in [0.25, 0.3) is 10.9 Å². The minimum atomic E-state index is -3.04. The Balaban J connectivity index is 1.69. The van der Waals surface area contributed by atoms with Crippen LogP contribution in [0, 0.1) is 11.7 Å². The molecule has 0 spiro atoms. The summed E-state index contributed by atoms with van der Waals surface area (Å²) in [6.45, 7) is -1.20. The maximum absolute atomic E-state index is 14.8. The van der Waals surface area contributed by atoms with Crippen molar-refractivity contribution in [1.29, 1.82) is 0 Å². The van der Waals surface area contributed by atoms with E-state index in [9.17, 15) is 18.0 Å². The molecule has 1 fully saturated rings. The number of benzene rings is 1. The number of nitrogens with one attached hydrogen (secondary N) is 2. The zero-order valence-electron chi connectivity index (χ0n) is 18.7. The lowest BCUT2D eigenvalue weighted by atomic mass is 9.77. The smallest absolute Gasteiger partial charge is 0.388 e. The average molecular weight is 477 g/mol. The first-order chi connectivity index (χ1) is 16.1. The van der Waals surface area contributed by atoms with Crippen molar-refractivity contribution in [3.63, 3.8) is 0 Å². The SMILES string of the molecule is C[C@H](N)[C@H](Nc1nc(Nc2ccc3c(c2)c(OC(F)F)nn3C)c(C(N)=O)cc1F)C1CCC1. The second-order valence-corrected chi connectivity index (χ2v) is 8.46. The van der Waals surface area contributed by atoms with Crippen LogP contribution < -0.4 is 26.8 Å². The van der Waals surface area contributed by atoms with Crippen LogP contribution >= 0.6 is 0 Å². The summed E-state index contributed by atoms with van der Waals surface area (Å²) in [7, 11) is 1.59. The molecule has 6 N–H and O–H groups in total. The minimum absolute atomic E-state index is 0.00741. The van der Waals surface area contributed by atoms with Gasteiger partial charge in [0.15, 0.2) is 11.6 Å². The van der Waals surface area contributed by atoms with Crippen molar-refractivity contribution >= 4 is 34.1 Å². The third-order valence-corrected chi connectivity index (χ3v) is 6.05. The highest BCUT2D eigenvalue weighted by Crippen LogP contribution is 2.34. The lowest BCUT2D eigenvalue weighted by Gasteiger charge is -2.37. The van der Waals surface area contributed by atoms with Crippen molar-refractivity contribution in [3.8, 4) is 5.88 Å². The molecular weight excluding hydrogens is 451 g/mol. The molecule has 9 nitrogen and oxygen atoms in total. The molecule has 0 aliphatic heterocycles. The number of hydrogen-bond acceptors (Lipinski definition) is 7. The minimum Gasteiger partial charge on any atom is -0.415 e. The van der Waals surface area contributed by atoms with Gasteiger partial charge in [-0.05, 0) is 49.9 Å². The van der Waals surface area contributed by atoms with Crippen LogP contribution in [0.1, 0.15) is 36.5 Å². The molecule has 0 radical (unpaired) electrons. The molecule has 1 aromatic carbocycles. The van der Waals surface area contributed by atoms with E-state index in [0.717, 1.165) is 25.3 Å². The number of primary amides is 1. The van der Waals surface area contributed by atoms with Crippen molar-refractivity contribution in [2.75, 3.05) is 10.6 Å². The Morgan fingerprint density at radius 2 is 2.00 bits per heavy atom. The van der Waals surface area contributed by atoms with Gasteiger partial charge in [-0.15, -0.1) is 5.10 Å². The second kappa shape index (κ2) is 9.37. The van der Waals surface area contributed by atoms with E-state index in [0.29, 0.717) is 22.5 Å². The lowest BCUT2D eigenvalue weighted by Crippen LogP contribution is -2.46. The molecule has 34 heavy (non-hydrogen) atoms. The average Bonchev–Trinajstić information content (AvgIpc) is 3.02. The largest absolute Gasteiger partial charge is 0.415 e. The Kier molecular flexibility index (Phi) is 6.51. The quantitative estimate of drug-likeness (QED) is 0.371. The number of aryl methyl sites for hydroxylation is 1. The van der Waals surface area contributed by atoms with Gasteiger partial charge in [0.05, 0.1) is 16.5 Å². The number of aromatic nitrogens is 3. The number of carbonyl (C=O) groups is 1. The number of alkyl halides is 2. The first-order valence-electron chi connectivity index (χ1n) is 10.8. The molecule has 4 rings (SSSR count). The van der Waals surface area contributed by atoms with Crippen LogP contribution in [-0.2, 0) is 7.05 Å². The predicted molar refractivity (Wildman–Crippen MR) is 122 cm³/mol. The van der Waals surface area contributed by atoms with Gasteiger partial charge in [0.25, 0.3) is 5.91 Å². The molecule has 0 bridgehead atoms. The molecule has 3 aromatic rings. The maximum Gasteiger partial charge on any atom is 0.388 e. The molecule has 0 saturated heterocycles. The number of fused-ring (bicyclic) bond motifs is 1. The van der Waals surface area contributed by atoms with Gasteiger partial charge in [-0.2, -0.15) is 8.78 Å². The number of anilines is 3. The summed E-state index contributed by atoms with van der Waals surface area (Å²) >= 11 is 0. The molecule has 2 heterocycles. The molecule has 182 valence electrons. The van der Waals surface area contributed by atoms with Gasteiger partial charge in [0.2, 0.25) is 5.88 Å².